The predicted octanol–water partition coefficient (Wildman–Crippen LogP) is 4.90. The average Bonchev–Trinajstić information content (AvgIpc) is 2.88. The van der Waals surface area contributed by atoms with E-state index in [4.69, 9.17) is 11.6 Å². The van der Waals surface area contributed by atoms with Gasteiger partial charge in [0.15, 0.2) is 0 Å². The van der Waals surface area contributed by atoms with Crippen LogP contribution in [0.5, 0.6) is 0 Å². The fraction of sp³-hybridized carbons (Fsp3) is 0.630. The molecule has 0 bridgehead atoms. The molecule has 5 nitrogen and oxygen atoms in total. The summed E-state index contributed by atoms with van der Waals surface area (Å²) in [5.41, 5.74) is 0.878. The molecule has 3 unspecified atom stereocenters. The zero-order valence-corrected chi connectivity index (χ0v) is 21.7. The summed E-state index contributed by atoms with van der Waals surface area (Å²) in [4.78, 5) is 33.9. The molecule has 2 saturated heterocycles. The molecular formula is C27H36ClN3O2S. The molecule has 34 heavy (non-hydrogen) atoms. The van der Waals surface area contributed by atoms with E-state index in [1.54, 1.807) is 11.8 Å². The van der Waals surface area contributed by atoms with Crippen LogP contribution in [0.3, 0.4) is 0 Å². The maximum Gasteiger partial charge on any atom is 0.260 e. The Labute approximate surface area is 212 Å². The van der Waals surface area contributed by atoms with Gasteiger partial charge in [-0.1, -0.05) is 49.1 Å². The van der Waals surface area contributed by atoms with Crippen molar-refractivity contribution in [2.75, 3.05) is 33.2 Å². The van der Waals surface area contributed by atoms with Gasteiger partial charge in [0.2, 0.25) is 5.91 Å². The molecule has 3 atom stereocenters. The number of benzene rings is 1. The normalized spacial score (nSPS) is 30.5. The Bertz CT molecular complexity index is 940. The van der Waals surface area contributed by atoms with Crippen LogP contribution in [0.2, 0.25) is 5.02 Å². The van der Waals surface area contributed by atoms with E-state index in [1.165, 1.54) is 32.1 Å². The van der Waals surface area contributed by atoms with E-state index < -0.39 is 0 Å². The number of thioether (sulfide) groups is 1. The topological polar surface area (TPSA) is 43.9 Å². The van der Waals surface area contributed by atoms with E-state index in [1.807, 2.05) is 42.3 Å². The predicted molar refractivity (Wildman–Crippen MR) is 140 cm³/mol. The molecule has 7 heteroatoms. The highest BCUT2D eigenvalue weighted by Gasteiger charge is 2.44. The van der Waals surface area contributed by atoms with Gasteiger partial charge in [-0.25, -0.2) is 0 Å². The number of amides is 2. The van der Waals surface area contributed by atoms with Crippen LogP contribution in [0.1, 0.15) is 56.9 Å². The molecule has 0 aromatic heterocycles. The lowest BCUT2D eigenvalue weighted by Gasteiger charge is -2.46. The Morgan fingerprint density at radius 2 is 1.76 bits per heavy atom. The second-order valence-corrected chi connectivity index (χ2v) is 12.0. The fourth-order valence-electron chi connectivity index (χ4n) is 6.27. The monoisotopic (exact) mass is 501 g/mol. The van der Waals surface area contributed by atoms with Crippen molar-refractivity contribution in [3.05, 3.63) is 39.8 Å². The number of rotatable bonds is 3. The zero-order valence-electron chi connectivity index (χ0n) is 20.1. The van der Waals surface area contributed by atoms with Crippen molar-refractivity contribution >= 4 is 41.3 Å². The van der Waals surface area contributed by atoms with Crippen molar-refractivity contribution in [2.24, 2.45) is 5.92 Å². The quantitative estimate of drug-likeness (QED) is 0.552. The molecule has 0 radical (unpaired) electrons. The molecule has 0 spiro atoms. The summed E-state index contributed by atoms with van der Waals surface area (Å²) in [5, 5.41) is 0.995. The van der Waals surface area contributed by atoms with Crippen LogP contribution in [0.4, 0.5) is 0 Å². The maximum absolute atomic E-state index is 13.4. The number of hydrogen-bond acceptors (Lipinski definition) is 4. The van der Waals surface area contributed by atoms with Crippen molar-refractivity contribution in [3.8, 4) is 0 Å². The molecule has 1 aromatic carbocycles. The number of hydrogen-bond donors (Lipinski definition) is 0. The summed E-state index contributed by atoms with van der Waals surface area (Å²) >= 11 is 8.00. The van der Waals surface area contributed by atoms with Gasteiger partial charge in [0, 0.05) is 61.5 Å². The second kappa shape index (κ2) is 10.6. The number of halogens is 1. The molecule has 2 aliphatic heterocycles. The first kappa shape index (κ1) is 24.2. The van der Waals surface area contributed by atoms with E-state index in [-0.39, 0.29) is 17.9 Å². The van der Waals surface area contributed by atoms with Gasteiger partial charge in [-0.3, -0.25) is 14.5 Å². The van der Waals surface area contributed by atoms with E-state index >= 15 is 0 Å². The van der Waals surface area contributed by atoms with Crippen molar-refractivity contribution in [2.45, 2.75) is 68.7 Å². The summed E-state index contributed by atoms with van der Waals surface area (Å²) in [6.45, 7) is 3.74. The van der Waals surface area contributed by atoms with Crippen molar-refractivity contribution < 1.29 is 9.59 Å². The van der Waals surface area contributed by atoms with Gasteiger partial charge in [-0.05, 0) is 49.8 Å². The van der Waals surface area contributed by atoms with Crippen LogP contribution in [0.15, 0.2) is 29.2 Å². The fourth-order valence-corrected chi connectivity index (χ4v) is 7.93. The van der Waals surface area contributed by atoms with Gasteiger partial charge in [0.1, 0.15) is 0 Å². The van der Waals surface area contributed by atoms with Crippen molar-refractivity contribution in [1.29, 1.82) is 0 Å². The molecule has 0 N–H and O–H groups in total. The summed E-state index contributed by atoms with van der Waals surface area (Å²) < 4.78 is 0. The number of piperazine rings is 1. The molecule has 4 aliphatic rings. The lowest BCUT2D eigenvalue weighted by molar-refractivity contribution is -0.141. The van der Waals surface area contributed by atoms with Gasteiger partial charge in [0.25, 0.3) is 5.91 Å². The van der Waals surface area contributed by atoms with Gasteiger partial charge in [0.05, 0.1) is 4.91 Å². The average molecular weight is 502 g/mol. The van der Waals surface area contributed by atoms with E-state index in [0.717, 1.165) is 62.0 Å². The van der Waals surface area contributed by atoms with E-state index in [2.05, 4.69) is 9.80 Å². The number of likely N-dealkylation sites (N-methyl/N-ethyl adjacent to an activating group) is 1. The summed E-state index contributed by atoms with van der Waals surface area (Å²) in [5.74, 6) is 0.387. The summed E-state index contributed by atoms with van der Waals surface area (Å²) in [6, 6.07) is 8.48. The zero-order chi connectivity index (χ0) is 23.7. The highest BCUT2D eigenvalue weighted by Crippen LogP contribution is 2.44. The molecule has 2 heterocycles. The van der Waals surface area contributed by atoms with Crippen LogP contribution in [-0.4, -0.2) is 77.1 Å². The standard InChI is InChI=1S/C27H36ClN3O2S/c1-29-23-17-20(26(32)31-15-13-30(14-16-31)21-8-3-2-4-9-21)11-12-24(23)34-25(27(29)33)18-19-7-5-6-10-22(19)28/h5-7,10,18,20-21,23-24H,2-4,8-9,11-17H2,1H3/b25-18+. The molecule has 2 aliphatic carbocycles. The summed E-state index contributed by atoms with van der Waals surface area (Å²) in [7, 11) is 1.90. The number of fused-ring (bicyclic) bond motifs is 1. The lowest BCUT2D eigenvalue weighted by Crippen LogP contribution is -2.56. The minimum atomic E-state index is 0.0347. The molecule has 1 aromatic rings. The first-order chi connectivity index (χ1) is 16.5. The SMILES string of the molecule is CN1C(=O)/C(=C\c2ccccc2Cl)SC2CCC(C(=O)N3CCN(C4CCCCC4)CC3)CC21. The minimum Gasteiger partial charge on any atom is -0.340 e. The van der Waals surface area contributed by atoms with Crippen molar-refractivity contribution in [3.63, 3.8) is 0 Å². The molecule has 2 amide bonds. The Morgan fingerprint density at radius 1 is 1.03 bits per heavy atom. The van der Waals surface area contributed by atoms with Gasteiger partial charge >= 0.3 is 0 Å². The highest BCUT2D eigenvalue weighted by atomic mass is 35.5. The molecule has 5 rings (SSSR count). The van der Waals surface area contributed by atoms with E-state index in [0.29, 0.717) is 16.2 Å². The smallest absolute Gasteiger partial charge is 0.260 e. The van der Waals surface area contributed by atoms with Crippen LogP contribution < -0.4 is 0 Å². The number of carbonyl (C=O) groups is 2. The molecule has 4 fully saturated rings. The second-order valence-electron chi connectivity index (χ2n) is 10.3. The molecular weight excluding hydrogens is 466 g/mol. The third kappa shape index (κ3) is 5.05. The lowest BCUT2D eigenvalue weighted by atomic mass is 9.83. The minimum absolute atomic E-state index is 0.0347. The Morgan fingerprint density at radius 3 is 2.50 bits per heavy atom. The Kier molecular flexibility index (Phi) is 7.57. The molecule has 184 valence electrons. The van der Waals surface area contributed by atoms with E-state index in [9.17, 15) is 9.59 Å². The van der Waals surface area contributed by atoms with Crippen LogP contribution in [-0.2, 0) is 9.59 Å². The van der Waals surface area contributed by atoms with Gasteiger partial charge in [-0.2, -0.15) is 0 Å². The summed E-state index contributed by atoms with van der Waals surface area (Å²) in [6.07, 6.45) is 11.3. The first-order valence-electron chi connectivity index (χ1n) is 12.9. The van der Waals surface area contributed by atoms with Gasteiger partial charge < -0.3 is 9.80 Å². The molecule has 2 saturated carbocycles. The van der Waals surface area contributed by atoms with Gasteiger partial charge in [-0.15, -0.1) is 11.8 Å². The maximum atomic E-state index is 13.4. The largest absolute Gasteiger partial charge is 0.340 e. The van der Waals surface area contributed by atoms with Crippen LogP contribution >= 0.6 is 23.4 Å². The Balaban J connectivity index is 1.19. The number of carbonyl (C=O) groups excluding carboxylic acids is 2. The highest BCUT2D eigenvalue weighted by molar-refractivity contribution is 8.04. The van der Waals surface area contributed by atoms with Crippen LogP contribution in [0, 0.1) is 5.92 Å². The number of nitrogens with zero attached hydrogens (tertiary/aromatic N) is 3. The third-order valence-electron chi connectivity index (χ3n) is 8.32. The van der Waals surface area contributed by atoms with Crippen molar-refractivity contribution in [1.82, 2.24) is 14.7 Å². The third-order valence-corrected chi connectivity index (χ3v) is 10.1. The Hall–Kier alpha value is -1.50. The van der Waals surface area contributed by atoms with Crippen LogP contribution in [0.25, 0.3) is 6.08 Å². The first-order valence-corrected chi connectivity index (χ1v) is 14.2.